The van der Waals surface area contributed by atoms with Crippen molar-refractivity contribution >= 4 is 27.5 Å². The van der Waals surface area contributed by atoms with E-state index in [1.54, 1.807) is 31.2 Å². The molecule has 1 atom stereocenters. The zero-order valence-corrected chi connectivity index (χ0v) is 13.0. The number of hydrogen-bond donors (Lipinski definition) is 2. The molecule has 0 spiro atoms. The number of aliphatic hydroxyl groups is 1. The summed E-state index contributed by atoms with van der Waals surface area (Å²) in [5.74, 6) is -0.560. The fourth-order valence-corrected chi connectivity index (χ4v) is 2.16. The van der Waals surface area contributed by atoms with E-state index in [1.807, 2.05) is 30.3 Å². The molecule has 2 aromatic carbocycles. The lowest BCUT2D eigenvalue weighted by molar-refractivity contribution is -0.129. The maximum Gasteiger partial charge on any atom is 0.273 e. The van der Waals surface area contributed by atoms with Gasteiger partial charge in [-0.2, -0.15) is 5.10 Å². The number of aliphatic hydroxyl groups excluding tert-OH is 1. The molecule has 0 aliphatic heterocycles. The quantitative estimate of drug-likeness (QED) is 0.660. The van der Waals surface area contributed by atoms with Gasteiger partial charge in [-0.3, -0.25) is 4.79 Å². The molecule has 0 saturated carbocycles. The lowest BCUT2D eigenvalue weighted by Crippen LogP contribution is -2.26. The largest absolute Gasteiger partial charge is 0.378 e. The summed E-state index contributed by atoms with van der Waals surface area (Å²) in [4.78, 5) is 11.9. The molecule has 5 heteroatoms. The number of amides is 1. The maximum atomic E-state index is 11.9. The summed E-state index contributed by atoms with van der Waals surface area (Å²) in [5.41, 5.74) is 4.46. The van der Waals surface area contributed by atoms with Gasteiger partial charge in [0, 0.05) is 4.47 Å². The van der Waals surface area contributed by atoms with Crippen LogP contribution in [0.3, 0.4) is 0 Å². The summed E-state index contributed by atoms with van der Waals surface area (Å²) in [5, 5.41) is 13.9. The predicted octanol–water partition coefficient (Wildman–Crippen LogP) is 3.02. The molecule has 0 aliphatic rings. The van der Waals surface area contributed by atoms with Gasteiger partial charge in [0.2, 0.25) is 0 Å². The Labute approximate surface area is 131 Å². The lowest BCUT2D eigenvalue weighted by atomic mass is 10.1. The van der Waals surface area contributed by atoms with Crippen molar-refractivity contribution in [3.05, 3.63) is 70.2 Å². The molecule has 2 aromatic rings. The Balaban J connectivity index is 2.05. The minimum Gasteiger partial charge on any atom is -0.378 e. The summed E-state index contributed by atoms with van der Waals surface area (Å²) in [6.45, 7) is 1.79. The van der Waals surface area contributed by atoms with Crippen LogP contribution in [0, 0.1) is 0 Å². The summed E-state index contributed by atoms with van der Waals surface area (Å²) < 4.78 is 0.935. The third-order valence-corrected chi connectivity index (χ3v) is 3.43. The highest BCUT2D eigenvalue weighted by molar-refractivity contribution is 9.10. The number of nitrogens with zero attached hydrogens (tertiary/aromatic N) is 1. The highest BCUT2D eigenvalue weighted by atomic mass is 79.9. The van der Waals surface area contributed by atoms with Gasteiger partial charge in [0.25, 0.3) is 5.91 Å². The van der Waals surface area contributed by atoms with Crippen LogP contribution >= 0.6 is 15.9 Å². The number of carbonyl (C=O) groups is 1. The molecule has 21 heavy (non-hydrogen) atoms. The van der Waals surface area contributed by atoms with E-state index in [4.69, 9.17) is 0 Å². The number of hydrazone groups is 1. The van der Waals surface area contributed by atoms with E-state index in [1.165, 1.54) is 0 Å². The van der Waals surface area contributed by atoms with E-state index in [-0.39, 0.29) is 0 Å². The minimum atomic E-state index is -1.23. The molecular formula is C16H15BrN2O2. The lowest BCUT2D eigenvalue weighted by Gasteiger charge is -2.09. The van der Waals surface area contributed by atoms with Crippen molar-refractivity contribution in [1.29, 1.82) is 0 Å². The van der Waals surface area contributed by atoms with E-state index in [9.17, 15) is 9.90 Å². The highest BCUT2D eigenvalue weighted by Gasteiger charge is 2.16. The average Bonchev–Trinajstić information content (AvgIpc) is 2.52. The first-order valence-corrected chi connectivity index (χ1v) is 7.20. The number of benzene rings is 2. The molecule has 1 amide bonds. The smallest absolute Gasteiger partial charge is 0.273 e. The fraction of sp³-hybridized carbons (Fsp3) is 0.125. The number of halogens is 1. The van der Waals surface area contributed by atoms with Gasteiger partial charge in [-0.15, -0.1) is 0 Å². The van der Waals surface area contributed by atoms with Gasteiger partial charge in [0.1, 0.15) is 0 Å². The molecule has 0 aromatic heterocycles. The van der Waals surface area contributed by atoms with Gasteiger partial charge in [0.15, 0.2) is 6.10 Å². The molecule has 0 saturated heterocycles. The van der Waals surface area contributed by atoms with Gasteiger partial charge in [-0.25, -0.2) is 5.43 Å². The second-order valence-corrected chi connectivity index (χ2v) is 5.41. The van der Waals surface area contributed by atoms with E-state index in [0.29, 0.717) is 11.3 Å². The molecule has 0 heterocycles. The van der Waals surface area contributed by atoms with E-state index >= 15 is 0 Å². The van der Waals surface area contributed by atoms with Gasteiger partial charge in [-0.05, 0) is 30.2 Å². The number of rotatable bonds is 4. The summed E-state index contributed by atoms with van der Waals surface area (Å²) in [6.07, 6.45) is -1.23. The highest BCUT2D eigenvalue weighted by Crippen LogP contribution is 2.13. The van der Waals surface area contributed by atoms with Crippen molar-refractivity contribution in [2.75, 3.05) is 0 Å². The zero-order chi connectivity index (χ0) is 15.2. The summed E-state index contributed by atoms with van der Waals surface area (Å²) >= 11 is 3.38. The zero-order valence-electron chi connectivity index (χ0n) is 11.5. The first kappa shape index (κ1) is 15.4. The van der Waals surface area contributed by atoms with Crippen LogP contribution < -0.4 is 5.43 Å². The molecule has 0 aliphatic carbocycles. The van der Waals surface area contributed by atoms with Crippen LogP contribution in [0.1, 0.15) is 24.2 Å². The number of carbonyl (C=O) groups excluding carboxylic acids is 1. The van der Waals surface area contributed by atoms with Crippen LogP contribution in [-0.2, 0) is 4.79 Å². The Hall–Kier alpha value is -1.98. The van der Waals surface area contributed by atoms with Gasteiger partial charge in [0.05, 0.1) is 5.71 Å². The van der Waals surface area contributed by atoms with Crippen LogP contribution in [0.2, 0.25) is 0 Å². The first-order valence-electron chi connectivity index (χ1n) is 6.41. The second kappa shape index (κ2) is 7.15. The van der Waals surface area contributed by atoms with Gasteiger partial charge < -0.3 is 5.11 Å². The predicted molar refractivity (Wildman–Crippen MR) is 85.9 cm³/mol. The molecule has 0 radical (unpaired) electrons. The Morgan fingerprint density at radius 3 is 2.57 bits per heavy atom. The Kier molecular flexibility index (Phi) is 5.25. The minimum absolute atomic E-state index is 0.533. The topological polar surface area (TPSA) is 61.7 Å². The van der Waals surface area contributed by atoms with Crippen molar-refractivity contribution in [1.82, 2.24) is 5.43 Å². The second-order valence-electron chi connectivity index (χ2n) is 4.50. The molecular weight excluding hydrogens is 332 g/mol. The number of hydrogen-bond acceptors (Lipinski definition) is 3. The van der Waals surface area contributed by atoms with E-state index in [0.717, 1.165) is 10.0 Å². The normalized spacial score (nSPS) is 12.8. The fourth-order valence-electron chi connectivity index (χ4n) is 1.76. The molecule has 2 rings (SSSR count). The van der Waals surface area contributed by atoms with Crippen molar-refractivity contribution in [2.24, 2.45) is 5.10 Å². The van der Waals surface area contributed by atoms with E-state index in [2.05, 4.69) is 26.5 Å². The van der Waals surface area contributed by atoms with E-state index < -0.39 is 12.0 Å². The molecule has 108 valence electrons. The molecule has 1 unspecified atom stereocenters. The SMILES string of the molecule is CC(=NNC(=O)C(O)c1ccccc1)c1cccc(Br)c1. The van der Waals surface area contributed by atoms with Crippen molar-refractivity contribution in [2.45, 2.75) is 13.0 Å². The van der Waals surface area contributed by atoms with Crippen LogP contribution in [0.15, 0.2) is 64.2 Å². The Morgan fingerprint density at radius 1 is 1.19 bits per heavy atom. The Bertz CT molecular complexity index is 656. The van der Waals surface area contributed by atoms with Crippen LogP contribution in [0.5, 0.6) is 0 Å². The molecule has 0 fully saturated rings. The summed E-state index contributed by atoms with van der Waals surface area (Å²) in [7, 11) is 0. The number of nitrogens with one attached hydrogen (secondary N) is 1. The Morgan fingerprint density at radius 2 is 1.90 bits per heavy atom. The molecule has 0 bridgehead atoms. The average molecular weight is 347 g/mol. The third-order valence-electron chi connectivity index (χ3n) is 2.94. The monoisotopic (exact) mass is 346 g/mol. The van der Waals surface area contributed by atoms with Crippen LogP contribution in [0.4, 0.5) is 0 Å². The van der Waals surface area contributed by atoms with Gasteiger partial charge >= 0.3 is 0 Å². The first-order chi connectivity index (χ1) is 10.1. The van der Waals surface area contributed by atoms with Gasteiger partial charge in [-0.1, -0.05) is 58.4 Å². The van der Waals surface area contributed by atoms with Crippen LogP contribution in [-0.4, -0.2) is 16.7 Å². The van der Waals surface area contributed by atoms with Crippen molar-refractivity contribution in [3.63, 3.8) is 0 Å². The standard InChI is InChI=1S/C16H15BrN2O2/c1-11(13-8-5-9-14(17)10-13)18-19-16(21)15(20)12-6-3-2-4-7-12/h2-10,15,20H,1H3,(H,19,21). The van der Waals surface area contributed by atoms with Crippen molar-refractivity contribution < 1.29 is 9.90 Å². The van der Waals surface area contributed by atoms with Crippen molar-refractivity contribution in [3.8, 4) is 0 Å². The third kappa shape index (κ3) is 4.24. The molecule has 4 nitrogen and oxygen atoms in total. The van der Waals surface area contributed by atoms with Crippen LogP contribution in [0.25, 0.3) is 0 Å². The summed E-state index contributed by atoms with van der Waals surface area (Å²) in [6, 6.07) is 16.3. The maximum absolute atomic E-state index is 11.9. The molecule has 2 N–H and O–H groups in total.